The maximum absolute atomic E-state index is 10.7. The van der Waals surface area contributed by atoms with Gasteiger partial charge in [-0.1, -0.05) is 23.9 Å². The highest BCUT2D eigenvalue weighted by Crippen LogP contribution is 2.31. The molecule has 0 saturated carbocycles. The first-order chi connectivity index (χ1) is 8.16. The minimum absolute atomic E-state index is 0.287. The Morgan fingerprint density at radius 2 is 1.71 bits per heavy atom. The topological polar surface area (TPSA) is 63.3 Å². The van der Waals surface area contributed by atoms with Gasteiger partial charge in [0.05, 0.1) is 5.56 Å². The van der Waals surface area contributed by atoms with Crippen molar-refractivity contribution in [2.75, 3.05) is 5.73 Å². The molecule has 0 aliphatic heterocycles. The fraction of sp³-hybridized carbons (Fsp3) is 0. The van der Waals surface area contributed by atoms with Crippen LogP contribution in [0.3, 0.4) is 0 Å². The van der Waals surface area contributed by atoms with Gasteiger partial charge in [0.25, 0.3) is 0 Å². The fourth-order valence-corrected chi connectivity index (χ4v) is 2.22. The lowest BCUT2D eigenvalue weighted by atomic mass is 10.2. The van der Waals surface area contributed by atoms with Crippen LogP contribution in [0, 0.1) is 0 Å². The predicted octanol–water partition coefficient (Wildman–Crippen LogP) is 3.12. The SMILES string of the molecule is Nc1ccccc1Sc1ccc(C(=O)O)cc1. The summed E-state index contributed by atoms with van der Waals surface area (Å²) in [6, 6.07) is 14.3. The molecule has 17 heavy (non-hydrogen) atoms. The summed E-state index contributed by atoms with van der Waals surface area (Å²) >= 11 is 1.52. The normalized spacial score (nSPS) is 10.1. The lowest BCUT2D eigenvalue weighted by Crippen LogP contribution is -1.94. The number of nitrogen functional groups attached to an aromatic ring is 1. The molecule has 0 atom stereocenters. The predicted molar refractivity (Wildman–Crippen MR) is 68.4 cm³/mol. The van der Waals surface area contributed by atoms with Gasteiger partial charge < -0.3 is 10.8 Å². The van der Waals surface area contributed by atoms with Gasteiger partial charge in [0.2, 0.25) is 0 Å². The molecular formula is C13H11NO2S. The van der Waals surface area contributed by atoms with Crippen molar-refractivity contribution in [3.63, 3.8) is 0 Å². The van der Waals surface area contributed by atoms with Crippen molar-refractivity contribution >= 4 is 23.4 Å². The fourth-order valence-electron chi connectivity index (χ4n) is 1.37. The first-order valence-corrected chi connectivity index (χ1v) is 5.84. The number of carboxylic acids is 1. The van der Waals surface area contributed by atoms with Crippen LogP contribution in [0.1, 0.15) is 10.4 Å². The summed E-state index contributed by atoms with van der Waals surface area (Å²) in [5, 5.41) is 8.78. The van der Waals surface area contributed by atoms with E-state index in [0.717, 1.165) is 15.5 Å². The molecule has 0 aromatic heterocycles. The molecule has 0 aliphatic rings. The number of anilines is 1. The molecule has 2 aromatic carbocycles. The lowest BCUT2D eigenvalue weighted by Gasteiger charge is -2.04. The van der Waals surface area contributed by atoms with E-state index in [4.69, 9.17) is 10.8 Å². The Morgan fingerprint density at radius 3 is 2.29 bits per heavy atom. The Hall–Kier alpha value is -1.94. The largest absolute Gasteiger partial charge is 0.478 e. The standard InChI is InChI=1S/C13H11NO2S/c14-11-3-1-2-4-12(11)17-10-7-5-9(6-8-10)13(15)16/h1-8H,14H2,(H,15,16). The number of hydrogen-bond acceptors (Lipinski definition) is 3. The molecule has 0 radical (unpaired) electrons. The van der Waals surface area contributed by atoms with Gasteiger partial charge >= 0.3 is 5.97 Å². The second kappa shape index (κ2) is 4.93. The van der Waals surface area contributed by atoms with Gasteiger partial charge in [0, 0.05) is 15.5 Å². The van der Waals surface area contributed by atoms with Crippen molar-refractivity contribution in [3.05, 3.63) is 54.1 Å². The van der Waals surface area contributed by atoms with Gasteiger partial charge in [0.1, 0.15) is 0 Å². The monoisotopic (exact) mass is 245 g/mol. The zero-order valence-electron chi connectivity index (χ0n) is 8.96. The molecule has 0 heterocycles. The highest BCUT2D eigenvalue weighted by molar-refractivity contribution is 7.99. The van der Waals surface area contributed by atoms with Crippen LogP contribution >= 0.6 is 11.8 Å². The zero-order chi connectivity index (χ0) is 12.3. The van der Waals surface area contributed by atoms with Gasteiger partial charge in [-0.25, -0.2) is 4.79 Å². The van der Waals surface area contributed by atoms with E-state index < -0.39 is 5.97 Å². The smallest absolute Gasteiger partial charge is 0.335 e. The van der Waals surface area contributed by atoms with E-state index in [1.165, 1.54) is 11.8 Å². The molecule has 3 nitrogen and oxygen atoms in total. The molecule has 0 fully saturated rings. The molecule has 0 amide bonds. The summed E-state index contributed by atoms with van der Waals surface area (Å²) in [6.45, 7) is 0. The second-order valence-electron chi connectivity index (χ2n) is 3.47. The minimum Gasteiger partial charge on any atom is -0.478 e. The van der Waals surface area contributed by atoms with Crippen molar-refractivity contribution in [2.24, 2.45) is 0 Å². The third-order valence-electron chi connectivity index (χ3n) is 2.25. The van der Waals surface area contributed by atoms with Gasteiger partial charge in [-0.15, -0.1) is 0 Å². The van der Waals surface area contributed by atoms with Crippen LogP contribution in [0.2, 0.25) is 0 Å². The van der Waals surface area contributed by atoms with Crippen LogP contribution in [0.25, 0.3) is 0 Å². The minimum atomic E-state index is -0.916. The zero-order valence-corrected chi connectivity index (χ0v) is 9.78. The number of aromatic carboxylic acids is 1. The molecule has 86 valence electrons. The Kier molecular flexibility index (Phi) is 3.35. The Labute approximate surface area is 103 Å². The van der Waals surface area contributed by atoms with Crippen LogP contribution in [0.5, 0.6) is 0 Å². The van der Waals surface area contributed by atoms with E-state index in [1.807, 2.05) is 24.3 Å². The summed E-state index contributed by atoms with van der Waals surface area (Å²) in [4.78, 5) is 12.6. The quantitative estimate of drug-likeness (QED) is 0.815. The maximum Gasteiger partial charge on any atom is 0.335 e. The van der Waals surface area contributed by atoms with E-state index in [1.54, 1.807) is 24.3 Å². The maximum atomic E-state index is 10.7. The third-order valence-corrected chi connectivity index (χ3v) is 3.35. The van der Waals surface area contributed by atoms with Crippen molar-refractivity contribution in [1.29, 1.82) is 0 Å². The Balaban J connectivity index is 2.20. The highest BCUT2D eigenvalue weighted by atomic mass is 32.2. The number of benzene rings is 2. The molecule has 0 aliphatic carbocycles. The van der Waals surface area contributed by atoms with E-state index in [0.29, 0.717) is 0 Å². The van der Waals surface area contributed by atoms with Crippen LogP contribution in [-0.4, -0.2) is 11.1 Å². The van der Waals surface area contributed by atoms with E-state index >= 15 is 0 Å². The van der Waals surface area contributed by atoms with E-state index in [2.05, 4.69) is 0 Å². The molecule has 4 heteroatoms. The number of para-hydroxylation sites is 1. The van der Waals surface area contributed by atoms with Gasteiger partial charge in [-0.05, 0) is 36.4 Å². The van der Waals surface area contributed by atoms with Crippen molar-refractivity contribution in [2.45, 2.75) is 9.79 Å². The summed E-state index contributed by atoms with van der Waals surface area (Å²) in [5.74, 6) is -0.916. The molecule has 0 unspecified atom stereocenters. The summed E-state index contributed by atoms with van der Waals surface area (Å²) in [5.41, 5.74) is 6.84. The number of carboxylic acid groups (broad SMARTS) is 1. The van der Waals surface area contributed by atoms with Gasteiger partial charge in [0.15, 0.2) is 0 Å². The molecule has 0 saturated heterocycles. The summed E-state index contributed by atoms with van der Waals surface area (Å²) < 4.78 is 0. The van der Waals surface area contributed by atoms with Gasteiger partial charge in [-0.2, -0.15) is 0 Å². The average Bonchev–Trinajstić information content (AvgIpc) is 2.33. The molecule has 0 spiro atoms. The third kappa shape index (κ3) is 2.79. The summed E-state index contributed by atoms with van der Waals surface area (Å²) in [6.07, 6.45) is 0. The molecular weight excluding hydrogens is 234 g/mol. The van der Waals surface area contributed by atoms with Gasteiger partial charge in [-0.3, -0.25) is 0 Å². The van der Waals surface area contributed by atoms with Crippen LogP contribution in [0.4, 0.5) is 5.69 Å². The number of rotatable bonds is 3. The van der Waals surface area contributed by atoms with E-state index in [-0.39, 0.29) is 5.56 Å². The first kappa shape index (κ1) is 11.5. The highest BCUT2D eigenvalue weighted by Gasteiger charge is 2.04. The molecule has 3 N–H and O–H groups in total. The second-order valence-corrected chi connectivity index (χ2v) is 4.58. The van der Waals surface area contributed by atoms with Crippen molar-refractivity contribution < 1.29 is 9.90 Å². The van der Waals surface area contributed by atoms with Crippen molar-refractivity contribution in [3.8, 4) is 0 Å². The van der Waals surface area contributed by atoms with Crippen LogP contribution in [-0.2, 0) is 0 Å². The van der Waals surface area contributed by atoms with Crippen LogP contribution < -0.4 is 5.73 Å². The van der Waals surface area contributed by atoms with Crippen LogP contribution in [0.15, 0.2) is 58.3 Å². The van der Waals surface area contributed by atoms with E-state index in [9.17, 15) is 4.79 Å². The van der Waals surface area contributed by atoms with Crippen molar-refractivity contribution in [1.82, 2.24) is 0 Å². The molecule has 2 rings (SSSR count). The number of hydrogen-bond donors (Lipinski definition) is 2. The first-order valence-electron chi connectivity index (χ1n) is 5.02. The lowest BCUT2D eigenvalue weighted by molar-refractivity contribution is 0.0697. The molecule has 0 bridgehead atoms. The Bertz CT molecular complexity index is 537. The number of nitrogens with two attached hydrogens (primary N) is 1. The number of carbonyl (C=O) groups is 1. The Morgan fingerprint density at radius 1 is 1.06 bits per heavy atom. The molecule has 2 aromatic rings. The summed E-state index contributed by atoms with van der Waals surface area (Å²) in [7, 11) is 0. The average molecular weight is 245 g/mol.